The number of benzene rings is 1. The van der Waals surface area contributed by atoms with E-state index in [1.807, 2.05) is 37.3 Å². The van der Waals surface area contributed by atoms with Crippen LogP contribution < -0.4 is 4.74 Å². The molecule has 8 heteroatoms. The standard InChI is InChI=1S/C24H34N3O3S2/c1-4-6-7-11-17-29-22-21(25-32-26-22)20-15-12-16-27(3,18-20)23(30-24(28)31-5-2)19-13-9-8-10-14-19/h8-10,13-15,23H,4-7,11-12,16-18H2,1-3H3/q+1. The Morgan fingerprint density at radius 3 is 2.75 bits per heavy atom. The number of ether oxygens (including phenoxy) is 2. The summed E-state index contributed by atoms with van der Waals surface area (Å²) in [7, 11) is 2.15. The first-order valence-electron chi connectivity index (χ1n) is 11.4. The number of nitrogens with zero attached hydrogens (tertiary/aromatic N) is 3. The van der Waals surface area contributed by atoms with Gasteiger partial charge in [-0.05, 0) is 30.3 Å². The molecule has 0 aliphatic carbocycles. The number of aromatic nitrogens is 2. The quantitative estimate of drug-likeness (QED) is 0.215. The van der Waals surface area contributed by atoms with E-state index in [9.17, 15) is 4.79 Å². The summed E-state index contributed by atoms with van der Waals surface area (Å²) in [6.45, 7) is 6.39. The number of carbonyl (C=O) groups is 1. The number of unbranched alkanes of at least 4 members (excludes halogenated alkanes) is 3. The summed E-state index contributed by atoms with van der Waals surface area (Å²) in [6.07, 6.45) is 7.35. The molecule has 0 N–H and O–H groups in total. The van der Waals surface area contributed by atoms with Gasteiger partial charge in [-0.1, -0.05) is 57.4 Å². The smallest absolute Gasteiger partial charge is 0.372 e. The van der Waals surface area contributed by atoms with Gasteiger partial charge in [-0.25, -0.2) is 4.79 Å². The van der Waals surface area contributed by atoms with Crippen molar-refractivity contribution >= 4 is 34.4 Å². The fourth-order valence-electron chi connectivity index (χ4n) is 4.02. The van der Waals surface area contributed by atoms with Gasteiger partial charge in [0.25, 0.3) is 12.1 Å². The highest BCUT2D eigenvalue weighted by Gasteiger charge is 2.40. The van der Waals surface area contributed by atoms with E-state index in [0.717, 1.165) is 36.2 Å². The van der Waals surface area contributed by atoms with Crippen LogP contribution in [0.4, 0.5) is 4.79 Å². The maximum atomic E-state index is 12.4. The van der Waals surface area contributed by atoms with Gasteiger partial charge < -0.3 is 9.47 Å². The molecule has 1 aliphatic heterocycles. The number of quaternary nitrogens is 1. The van der Waals surface area contributed by atoms with Gasteiger partial charge in [0.15, 0.2) is 0 Å². The molecular weight excluding hydrogens is 442 g/mol. The molecule has 0 amide bonds. The lowest BCUT2D eigenvalue weighted by Crippen LogP contribution is -2.51. The molecule has 0 radical (unpaired) electrons. The summed E-state index contributed by atoms with van der Waals surface area (Å²) in [5.74, 6) is 1.32. The first kappa shape index (κ1) is 24.7. The monoisotopic (exact) mass is 476 g/mol. The second kappa shape index (κ2) is 12.4. The van der Waals surface area contributed by atoms with Gasteiger partial charge in [-0.15, -0.1) is 4.37 Å². The molecule has 2 heterocycles. The van der Waals surface area contributed by atoms with Crippen LogP contribution in [0.2, 0.25) is 0 Å². The van der Waals surface area contributed by atoms with Crippen LogP contribution in [0.1, 0.15) is 63.4 Å². The van der Waals surface area contributed by atoms with Crippen molar-refractivity contribution in [3.63, 3.8) is 0 Å². The Hall–Kier alpha value is -1.90. The van der Waals surface area contributed by atoms with Crippen LogP contribution in [0.3, 0.4) is 0 Å². The van der Waals surface area contributed by atoms with Crippen molar-refractivity contribution in [2.45, 2.75) is 52.2 Å². The Kier molecular flexibility index (Phi) is 9.56. The van der Waals surface area contributed by atoms with E-state index in [1.54, 1.807) is 0 Å². The van der Waals surface area contributed by atoms with Crippen LogP contribution in [-0.2, 0) is 4.74 Å². The molecule has 174 valence electrons. The molecule has 6 nitrogen and oxygen atoms in total. The number of hydrogen-bond acceptors (Lipinski definition) is 7. The van der Waals surface area contributed by atoms with Crippen molar-refractivity contribution < 1.29 is 18.8 Å². The number of thioether (sulfide) groups is 1. The van der Waals surface area contributed by atoms with Crippen molar-refractivity contribution in [2.24, 2.45) is 0 Å². The first-order valence-corrected chi connectivity index (χ1v) is 13.2. The van der Waals surface area contributed by atoms with Crippen LogP contribution in [0.15, 0.2) is 36.4 Å². The third-order valence-electron chi connectivity index (χ3n) is 5.68. The summed E-state index contributed by atoms with van der Waals surface area (Å²) in [6, 6.07) is 10.0. The van der Waals surface area contributed by atoms with Crippen LogP contribution >= 0.6 is 23.5 Å². The predicted molar refractivity (Wildman–Crippen MR) is 132 cm³/mol. The molecule has 1 aliphatic rings. The van der Waals surface area contributed by atoms with Gasteiger partial charge in [-0.3, -0.25) is 4.48 Å². The fraction of sp³-hybridized carbons (Fsp3) is 0.542. The zero-order valence-corrected chi connectivity index (χ0v) is 20.9. The van der Waals surface area contributed by atoms with Crippen molar-refractivity contribution in [1.82, 2.24) is 8.75 Å². The van der Waals surface area contributed by atoms with Crippen LogP contribution in [-0.4, -0.2) is 51.0 Å². The van der Waals surface area contributed by atoms with Crippen molar-refractivity contribution in [1.29, 1.82) is 0 Å². The second-order valence-corrected chi connectivity index (χ2v) is 10.00. The molecule has 2 unspecified atom stereocenters. The lowest BCUT2D eigenvalue weighted by atomic mass is 10.0. The van der Waals surface area contributed by atoms with E-state index < -0.39 is 0 Å². The van der Waals surface area contributed by atoms with Gasteiger partial charge >= 0.3 is 5.30 Å². The SMILES string of the molecule is CCCCCCOc1nsnc1C1=CCC[N+](C)(C(OC(=O)SCC)c2ccccc2)C1. The van der Waals surface area contributed by atoms with Gasteiger partial charge in [-0.2, -0.15) is 4.37 Å². The molecule has 0 fully saturated rings. The van der Waals surface area contributed by atoms with Crippen molar-refractivity contribution in [2.75, 3.05) is 32.5 Å². The maximum Gasteiger partial charge on any atom is 0.372 e. The van der Waals surface area contributed by atoms with E-state index in [4.69, 9.17) is 9.47 Å². The molecule has 2 aromatic rings. The average Bonchev–Trinajstić information content (AvgIpc) is 3.27. The van der Waals surface area contributed by atoms with Crippen LogP contribution in [0, 0.1) is 0 Å². The number of likely N-dealkylation sites (N-methyl/N-ethyl adjacent to an activating group) is 1. The first-order chi connectivity index (χ1) is 15.6. The third-order valence-corrected chi connectivity index (χ3v) is 6.81. The van der Waals surface area contributed by atoms with Gasteiger partial charge in [0.2, 0.25) is 0 Å². The Labute approximate surface area is 199 Å². The maximum absolute atomic E-state index is 12.4. The van der Waals surface area contributed by atoms with E-state index in [-0.39, 0.29) is 11.5 Å². The van der Waals surface area contributed by atoms with Gasteiger partial charge in [0, 0.05) is 17.7 Å². The van der Waals surface area contributed by atoms with Gasteiger partial charge in [0.05, 0.1) is 37.5 Å². The summed E-state index contributed by atoms with van der Waals surface area (Å²) in [4.78, 5) is 12.4. The lowest BCUT2D eigenvalue weighted by molar-refractivity contribution is -0.953. The zero-order valence-electron chi connectivity index (χ0n) is 19.3. The topological polar surface area (TPSA) is 61.3 Å². The normalized spacial score (nSPS) is 19.3. The Morgan fingerprint density at radius 1 is 1.19 bits per heavy atom. The van der Waals surface area contributed by atoms with Gasteiger partial charge in [0.1, 0.15) is 12.2 Å². The molecule has 0 spiro atoms. The molecular formula is C24H34N3O3S2+. The summed E-state index contributed by atoms with van der Waals surface area (Å²) in [5, 5.41) is -0.233. The predicted octanol–water partition coefficient (Wildman–Crippen LogP) is 6.32. The van der Waals surface area contributed by atoms with E-state index in [2.05, 4.69) is 28.8 Å². The minimum atomic E-state index is -0.378. The van der Waals surface area contributed by atoms with Crippen molar-refractivity contribution in [3.8, 4) is 5.88 Å². The number of hydrogen-bond donors (Lipinski definition) is 0. The minimum absolute atomic E-state index is 0.233. The molecule has 2 atom stereocenters. The fourth-order valence-corrected chi connectivity index (χ4v) is 4.95. The third kappa shape index (κ3) is 6.56. The number of rotatable bonds is 11. The van der Waals surface area contributed by atoms with E-state index in [0.29, 0.717) is 29.3 Å². The highest BCUT2D eigenvalue weighted by Crippen LogP contribution is 2.37. The average molecular weight is 477 g/mol. The highest BCUT2D eigenvalue weighted by atomic mass is 32.2. The van der Waals surface area contributed by atoms with Crippen LogP contribution in [0.25, 0.3) is 5.57 Å². The van der Waals surface area contributed by atoms with Crippen LogP contribution in [0.5, 0.6) is 5.88 Å². The Bertz CT molecular complexity index is 888. The summed E-state index contributed by atoms with van der Waals surface area (Å²) >= 11 is 2.39. The lowest BCUT2D eigenvalue weighted by Gasteiger charge is -2.42. The highest BCUT2D eigenvalue weighted by molar-refractivity contribution is 8.13. The molecule has 0 saturated carbocycles. The van der Waals surface area contributed by atoms with E-state index >= 15 is 0 Å². The molecule has 3 rings (SSSR count). The Balaban J connectivity index is 1.77. The summed E-state index contributed by atoms with van der Waals surface area (Å²) < 4.78 is 21.5. The molecule has 0 saturated heterocycles. The Morgan fingerprint density at radius 2 is 2.00 bits per heavy atom. The summed E-state index contributed by atoms with van der Waals surface area (Å²) in [5.41, 5.74) is 2.94. The molecule has 32 heavy (non-hydrogen) atoms. The van der Waals surface area contributed by atoms with E-state index in [1.165, 1.54) is 42.8 Å². The largest absolute Gasteiger partial charge is 0.475 e. The molecule has 0 bridgehead atoms. The number of carbonyl (C=O) groups excluding carboxylic acids is 1. The second-order valence-electron chi connectivity index (χ2n) is 8.27. The van der Waals surface area contributed by atoms with Crippen molar-refractivity contribution in [3.05, 3.63) is 47.7 Å². The molecule has 1 aromatic carbocycles. The minimum Gasteiger partial charge on any atom is -0.475 e. The zero-order chi connectivity index (χ0) is 22.8. The molecule has 1 aromatic heterocycles.